The highest BCUT2D eigenvalue weighted by atomic mass is 35.5. The summed E-state index contributed by atoms with van der Waals surface area (Å²) in [4.78, 5) is 28.9. The molecule has 3 aromatic carbocycles. The molecule has 0 saturated carbocycles. The summed E-state index contributed by atoms with van der Waals surface area (Å²) in [6.45, 7) is 8.24. The molecule has 0 aromatic heterocycles. The van der Waals surface area contributed by atoms with Crippen molar-refractivity contribution < 1.29 is 18.0 Å². The molecule has 226 valence electrons. The minimum Gasteiger partial charge on any atom is -0.350 e. The Kier molecular flexibility index (Phi) is 11.2. The second-order valence-electron chi connectivity index (χ2n) is 10.8. The highest BCUT2D eigenvalue weighted by molar-refractivity contribution is 7.92. The Balaban J connectivity index is 2.16. The number of aryl methyl sites for hydroxylation is 1. The molecule has 0 heterocycles. The number of hydrogen-bond donors (Lipinski definition) is 1. The van der Waals surface area contributed by atoms with Crippen LogP contribution in [0.25, 0.3) is 0 Å². The van der Waals surface area contributed by atoms with Crippen LogP contribution in [0.1, 0.15) is 45.2 Å². The molecule has 1 unspecified atom stereocenters. The first kappa shape index (κ1) is 34.0. The smallest absolute Gasteiger partial charge is 0.264 e. The first-order chi connectivity index (χ1) is 19.6. The number of carbonyl (C=O) groups is 2. The lowest BCUT2D eigenvalue weighted by molar-refractivity contribution is -0.141. The van der Waals surface area contributed by atoms with Gasteiger partial charge in [-0.15, -0.1) is 0 Å². The van der Waals surface area contributed by atoms with Crippen molar-refractivity contribution in [2.24, 2.45) is 0 Å². The van der Waals surface area contributed by atoms with Crippen molar-refractivity contribution in [1.29, 1.82) is 0 Å². The lowest BCUT2D eigenvalue weighted by Crippen LogP contribution is -2.55. The van der Waals surface area contributed by atoms with Crippen LogP contribution in [-0.2, 0) is 26.2 Å². The quantitative estimate of drug-likeness (QED) is 0.241. The monoisotopic (exact) mass is 671 g/mol. The molecule has 0 aliphatic rings. The summed E-state index contributed by atoms with van der Waals surface area (Å²) in [5.74, 6) is -1.08. The zero-order chi connectivity index (χ0) is 31.4. The summed E-state index contributed by atoms with van der Waals surface area (Å²) in [7, 11) is -4.32. The predicted octanol–water partition coefficient (Wildman–Crippen LogP) is 7.53. The van der Waals surface area contributed by atoms with Crippen LogP contribution in [0, 0.1) is 6.92 Å². The summed E-state index contributed by atoms with van der Waals surface area (Å²) < 4.78 is 29.0. The molecular formula is C30H33Cl4N3O4S. The van der Waals surface area contributed by atoms with Gasteiger partial charge in [-0.1, -0.05) is 83.2 Å². The van der Waals surface area contributed by atoms with Crippen molar-refractivity contribution in [3.8, 4) is 0 Å². The first-order valence-corrected chi connectivity index (χ1v) is 16.1. The molecule has 12 heteroatoms. The Morgan fingerprint density at radius 3 is 1.98 bits per heavy atom. The summed E-state index contributed by atoms with van der Waals surface area (Å²) in [5, 5.41) is 3.58. The average Bonchev–Trinajstić information content (AvgIpc) is 2.89. The third kappa shape index (κ3) is 8.11. The van der Waals surface area contributed by atoms with Crippen molar-refractivity contribution in [3.05, 3.63) is 91.9 Å². The number of halogens is 4. The van der Waals surface area contributed by atoms with E-state index >= 15 is 0 Å². The standard InChI is InChI=1S/C30H33Cl4N3O4S/c1-6-25(29(39)35-30(3,4)5)36(17-21-22(31)9-7-10-23(21)32)27(38)18-37(26-12-8-11-24(33)28(26)34)42(40,41)20-15-13-19(2)14-16-20/h7-16,25H,6,17-18H2,1-5H3,(H,35,39). The summed E-state index contributed by atoms with van der Waals surface area (Å²) in [5.41, 5.74) is 0.706. The van der Waals surface area contributed by atoms with Crippen molar-refractivity contribution >= 4 is 73.9 Å². The van der Waals surface area contributed by atoms with Crippen molar-refractivity contribution in [2.45, 2.75) is 64.1 Å². The zero-order valence-corrected chi connectivity index (χ0v) is 27.8. The van der Waals surface area contributed by atoms with E-state index in [2.05, 4.69) is 5.32 Å². The molecule has 2 amide bonds. The first-order valence-electron chi connectivity index (χ1n) is 13.1. The van der Waals surface area contributed by atoms with Crippen LogP contribution in [0.3, 0.4) is 0 Å². The Bertz CT molecular complexity index is 1540. The highest BCUT2D eigenvalue weighted by Crippen LogP contribution is 2.36. The van der Waals surface area contributed by atoms with Gasteiger partial charge in [0.25, 0.3) is 10.0 Å². The largest absolute Gasteiger partial charge is 0.350 e. The molecule has 42 heavy (non-hydrogen) atoms. The minimum absolute atomic E-state index is 0.0148. The topological polar surface area (TPSA) is 86.8 Å². The van der Waals surface area contributed by atoms with Crippen LogP contribution in [-0.4, -0.2) is 43.3 Å². The van der Waals surface area contributed by atoms with Gasteiger partial charge in [-0.2, -0.15) is 0 Å². The third-order valence-corrected chi connectivity index (χ3v) is 9.65. The van der Waals surface area contributed by atoms with E-state index in [0.717, 1.165) is 9.87 Å². The van der Waals surface area contributed by atoms with Gasteiger partial charge in [0.1, 0.15) is 12.6 Å². The summed E-state index contributed by atoms with van der Waals surface area (Å²) >= 11 is 25.7. The van der Waals surface area contributed by atoms with E-state index < -0.39 is 40.0 Å². The summed E-state index contributed by atoms with van der Waals surface area (Å²) in [6, 6.07) is 14.7. The molecule has 1 atom stereocenters. The van der Waals surface area contributed by atoms with Gasteiger partial charge in [-0.3, -0.25) is 13.9 Å². The number of nitrogens with zero attached hydrogens (tertiary/aromatic N) is 2. The molecular weight excluding hydrogens is 640 g/mol. The van der Waals surface area contributed by atoms with Crippen LogP contribution >= 0.6 is 46.4 Å². The number of rotatable bonds is 10. The van der Waals surface area contributed by atoms with Gasteiger partial charge in [0.15, 0.2) is 0 Å². The van der Waals surface area contributed by atoms with Gasteiger partial charge in [0, 0.05) is 27.7 Å². The van der Waals surface area contributed by atoms with Gasteiger partial charge in [0.2, 0.25) is 11.8 Å². The van der Waals surface area contributed by atoms with Crippen LogP contribution in [0.4, 0.5) is 5.69 Å². The molecule has 0 spiro atoms. The fourth-order valence-corrected chi connectivity index (χ4v) is 6.65. The van der Waals surface area contributed by atoms with E-state index in [9.17, 15) is 18.0 Å². The minimum atomic E-state index is -4.32. The molecule has 1 N–H and O–H groups in total. The van der Waals surface area contributed by atoms with Crippen molar-refractivity contribution in [2.75, 3.05) is 10.8 Å². The predicted molar refractivity (Wildman–Crippen MR) is 171 cm³/mol. The number of anilines is 1. The number of amides is 2. The Hall–Kier alpha value is -2.49. The Morgan fingerprint density at radius 2 is 1.43 bits per heavy atom. The van der Waals surface area contributed by atoms with E-state index in [1.165, 1.54) is 29.2 Å². The van der Waals surface area contributed by atoms with E-state index in [0.29, 0.717) is 15.6 Å². The van der Waals surface area contributed by atoms with Crippen molar-refractivity contribution in [3.63, 3.8) is 0 Å². The second-order valence-corrected chi connectivity index (χ2v) is 14.2. The fraction of sp³-hybridized carbons (Fsp3) is 0.333. The SMILES string of the molecule is CCC(C(=O)NC(C)(C)C)N(Cc1c(Cl)cccc1Cl)C(=O)CN(c1cccc(Cl)c1Cl)S(=O)(=O)c1ccc(C)cc1. The number of hydrogen-bond acceptors (Lipinski definition) is 4. The van der Waals surface area contributed by atoms with E-state index in [-0.39, 0.29) is 33.6 Å². The van der Waals surface area contributed by atoms with Gasteiger partial charge in [0.05, 0.1) is 20.6 Å². The zero-order valence-electron chi connectivity index (χ0n) is 23.9. The molecule has 0 fully saturated rings. The van der Waals surface area contributed by atoms with Gasteiger partial charge >= 0.3 is 0 Å². The Labute approximate surface area is 267 Å². The van der Waals surface area contributed by atoms with Crippen LogP contribution in [0.2, 0.25) is 20.1 Å². The van der Waals surface area contributed by atoms with E-state index in [1.54, 1.807) is 43.3 Å². The molecule has 0 aliphatic heterocycles. The average molecular weight is 673 g/mol. The van der Waals surface area contributed by atoms with Crippen molar-refractivity contribution in [1.82, 2.24) is 10.2 Å². The number of sulfonamides is 1. The lowest BCUT2D eigenvalue weighted by Gasteiger charge is -2.35. The maximum Gasteiger partial charge on any atom is 0.264 e. The molecule has 0 radical (unpaired) electrons. The second kappa shape index (κ2) is 13.9. The number of nitrogens with one attached hydrogen (secondary N) is 1. The summed E-state index contributed by atoms with van der Waals surface area (Å²) in [6.07, 6.45) is 0.234. The molecule has 0 bridgehead atoms. The Morgan fingerprint density at radius 1 is 0.881 bits per heavy atom. The highest BCUT2D eigenvalue weighted by Gasteiger charge is 2.36. The van der Waals surface area contributed by atoms with Gasteiger partial charge in [-0.05, 0) is 70.5 Å². The number of benzene rings is 3. The molecule has 0 saturated heterocycles. The third-order valence-electron chi connectivity index (χ3n) is 6.36. The fourth-order valence-electron chi connectivity index (χ4n) is 4.26. The maximum atomic E-state index is 14.2. The van der Waals surface area contributed by atoms with Crippen LogP contribution in [0.5, 0.6) is 0 Å². The molecule has 0 aliphatic carbocycles. The lowest BCUT2D eigenvalue weighted by atomic mass is 10.1. The van der Waals surface area contributed by atoms with Crippen LogP contribution in [0.15, 0.2) is 65.6 Å². The van der Waals surface area contributed by atoms with Gasteiger partial charge in [-0.25, -0.2) is 8.42 Å². The van der Waals surface area contributed by atoms with E-state index in [4.69, 9.17) is 46.4 Å². The van der Waals surface area contributed by atoms with E-state index in [1.807, 2.05) is 27.7 Å². The molecule has 3 rings (SSSR count). The number of carbonyl (C=O) groups excluding carboxylic acids is 2. The molecule has 3 aromatic rings. The van der Waals surface area contributed by atoms with Crippen LogP contribution < -0.4 is 9.62 Å². The van der Waals surface area contributed by atoms with Gasteiger partial charge < -0.3 is 10.2 Å². The molecule has 7 nitrogen and oxygen atoms in total. The maximum absolute atomic E-state index is 14.2. The normalized spacial score (nSPS) is 12.5.